The molecule has 1 aliphatic rings. The molecule has 1 unspecified atom stereocenters. The molecule has 0 saturated carbocycles. The van der Waals surface area contributed by atoms with Crippen molar-refractivity contribution >= 4 is 13.7 Å². The molecule has 2 rings (SSSR count). The number of carbonyl (C=O) groups is 1. The van der Waals surface area contributed by atoms with Crippen LogP contribution in [0.15, 0.2) is 15.8 Å². The minimum Gasteiger partial charge on any atom is -0.345 e. The Morgan fingerprint density at radius 2 is 2.23 bits per heavy atom. The molecule has 142 valence electrons. The quantitative estimate of drug-likeness (QED) is 0.326. The zero-order valence-corrected chi connectivity index (χ0v) is 14.6. The summed E-state index contributed by atoms with van der Waals surface area (Å²) >= 11 is 0. The lowest BCUT2D eigenvalue weighted by Crippen LogP contribution is -2.50. The Labute approximate surface area is 146 Å². The van der Waals surface area contributed by atoms with E-state index >= 15 is 0 Å². The Balaban J connectivity index is 2.02. The van der Waals surface area contributed by atoms with Gasteiger partial charge in [0.1, 0.15) is 12.3 Å². The second kappa shape index (κ2) is 8.41. The fourth-order valence-corrected chi connectivity index (χ4v) is 2.17. The van der Waals surface area contributed by atoms with Gasteiger partial charge in [0.05, 0.1) is 13.1 Å². The van der Waals surface area contributed by atoms with Crippen LogP contribution < -0.4 is 16.6 Å². The summed E-state index contributed by atoms with van der Waals surface area (Å²) in [6, 6.07) is 0. The maximum absolute atomic E-state index is 11.9. The van der Waals surface area contributed by atoms with Crippen molar-refractivity contribution in [3.63, 3.8) is 0 Å². The zero-order chi connectivity index (χ0) is 19.3. The van der Waals surface area contributed by atoms with Crippen molar-refractivity contribution in [2.24, 2.45) is 0 Å². The monoisotopic (exact) mass is 388 g/mol. The van der Waals surface area contributed by atoms with Gasteiger partial charge in [-0.25, -0.2) is 9.36 Å². The Kier molecular flexibility index (Phi) is 6.49. The van der Waals surface area contributed by atoms with Crippen molar-refractivity contribution in [1.29, 1.82) is 0 Å². The summed E-state index contributed by atoms with van der Waals surface area (Å²) < 4.78 is 15.9. The molecule has 0 aromatic carbocycles. The fourth-order valence-electron chi connectivity index (χ4n) is 1.89. The van der Waals surface area contributed by atoms with Crippen LogP contribution in [0.25, 0.3) is 0 Å². The third kappa shape index (κ3) is 5.63. The van der Waals surface area contributed by atoms with E-state index in [1.54, 1.807) is 6.92 Å². The summed E-state index contributed by atoms with van der Waals surface area (Å²) in [5, 5.41) is 3.61. The number of H-pyrrole nitrogens is 1. The Hall–Kier alpha value is -2.26. The largest absolute Gasteiger partial charge is 0.470 e. The molecule has 0 radical (unpaired) electrons. The molecule has 1 saturated heterocycles. The average Bonchev–Trinajstić information content (AvgIpc) is 2.51. The molecule has 0 bridgehead atoms. The number of nitrogens with zero attached hydrogens (tertiary/aromatic N) is 2. The number of nitrogens with one attached hydrogen (secondary N) is 2. The van der Waals surface area contributed by atoms with Crippen LogP contribution in [0.1, 0.15) is 25.1 Å². The number of carbonyl (C=O) groups excluding carboxylic acids is 1. The van der Waals surface area contributed by atoms with Gasteiger partial charge in [0.2, 0.25) is 5.91 Å². The molecule has 4 N–H and O–H groups in total. The van der Waals surface area contributed by atoms with Crippen LogP contribution in [0.5, 0.6) is 0 Å². The molecule has 1 aromatic rings. The highest BCUT2D eigenvalue weighted by Gasteiger charge is 2.32. The van der Waals surface area contributed by atoms with Crippen molar-refractivity contribution in [1.82, 2.24) is 19.9 Å². The minimum atomic E-state index is -4.63. The van der Waals surface area contributed by atoms with E-state index in [4.69, 9.17) is 14.6 Å². The first-order valence-corrected chi connectivity index (χ1v) is 8.95. The number of hydroxylamine groups is 2. The average molecular weight is 388 g/mol. The van der Waals surface area contributed by atoms with E-state index in [-0.39, 0.29) is 24.6 Å². The van der Waals surface area contributed by atoms with E-state index in [2.05, 4.69) is 26.7 Å². The number of hydrogen-bond acceptors (Lipinski definition) is 7. The van der Waals surface area contributed by atoms with Crippen LogP contribution in [-0.2, 0) is 18.7 Å². The molecule has 0 aliphatic carbocycles. The second-order valence-electron chi connectivity index (χ2n) is 5.11. The minimum absolute atomic E-state index is 0.00358. The number of phosphoric acid groups is 1. The summed E-state index contributed by atoms with van der Waals surface area (Å²) in [7, 11) is -4.63. The van der Waals surface area contributed by atoms with Crippen molar-refractivity contribution < 1.29 is 28.5 Å². The highest BCUT2D eigenvalue weighted by molar-refractivity contribution is 7.46. The van der Waals surface area contributed by atoms with Crippen LogP contribution in [0.4, 0.5) is 0 Å². The third-order valence-corrected chi connectivity index (χ3v) is 3.65. The molecule has 1 amide bonds. The van der Waals surface area contributed by atoms with Gasteiger partial charge in [0.25, 0.3) is 5.56 Å². The van der Waals surface area contributed by atoms with Crippen LogP contribution in [0.2, 0.25) is 0 Å². The van der Waals surface area contributed by atoms with Gasteiger partial charge in [0, 0.05) is 12.6 Å². The molecule has 2 heterocycles. The van der Waals surface area contributed by atoms with Gasteiger partial charge in [-0.2, -0.15) is 5.06 Å². The van der Waals surface area contributed by atoms with E-state index in [9.17, 15) is 18.9 Å². The first-order valence-electron chi connectivity index (χ1n) is 7.42. The van der Waals surface area contributed by atoms with E-state index in [0.29, 0.717) is 6.42 Å². The van der Waals surface area contributed by atoms with E-state index in [0.717, 1.165) is 9.63 Å². The van der Waals surface area contributed by atoms with Gasteiger partial charge in [-0.05, 0) is 0 Å². The zero-order valence-electron chi connectivity index (χ0n) is 13.7. The van der Waals surface area contributed by atoms with Gasteiger partial charge in [0.15, 0.2) is 6.23 Å². The highest BCUT2D eigenvalue weighted by atomic mass is 31.2. The van der Waals surface area contributed by atoms with Crippen molar-refractivity contribution in [3.05, 3.63) is 32.6 Å². The summed E-state index contributed by atoms with van der Waals surface area (Å²) in [6.07, 6.45) is 0.746. The van der Waals surface area contributed by atoms with E-state index in [1.165, 1.54) is 6.20 Å². The molecular formula is C13H17N4O8P. The van der Waals surface area contributed by atoms with E-state index in [1.807, 2.05) is 0 Å². The first kappa shape index (κ1) is 20.1. The third-order valence-electron chi connectivity index (χ3n) is 3.20. The van der Waals surface area contributed by atoms with Crippen molar-refractivity contribution in [3.8, 4) is 11.8 Å². The molecular weight excluding hydrogens is 371 g/mol. The summed E-state index contributed by atoms with van der Waals surface area (Å²) in [4.78, 5) is 59.2. The Morgan fingerprint density at radius 3 is 2.85 bits per heavy atom. The smallest absolute Gasteiger partial charge is 0.345 e. The number of hydrogen-bond donors (Lipinski definition) is 4. The maximum atomic E-state index is 11.9. The van der Waals surface area contributed by atoms with Crippen LogP contribution >= 0.6 is 7.82 Å². The highest BCUT2D eigenvalue weighted by Crippen LogP contribution is 2.36. The molecule has 1 atom stereocenters. The van der Waals surface area contributed by atoms with Gasteiger partial charge in [-0.15, -0.1) is 0 Å². The SMILES string of the molecule is CCC(=O)NCC#Cc1cn(C2CN(COP(=O)(O)O)O2)c(=O)[nH]c1=O. The molecule has 12 nitrogen and oxygen atoms in total. The summed E-state index contributed by atoms with van der Waals surface area (Å²) in [5.41, 5.74) is -1.40. The van der Waals surface area contributed by atoms with E-state index < -0.39 is 32.0 Å². The molecule has 13 heteroatoms. The number of aromatic amines is 1. The number of aromatic nitrogens is 2. The fraction of sp³-hybridized carbons (Fsp3) is 0.462. The molecule has 26 heavy (non-hydrogen) atoms. The van der Waals surface area contributed by atoms with Crippen LogP contribution in [0.3, 0.4) is 0 Å². The summed E-state index contributed by atoms with van der Waals surface area (Å²) in [5.74, 6) is 4.97. The van der Waals surface area contributed by atoms with Gasteiger partial charge in [-0.3, -0.25) is 28.5 Å². The normalized spacial score (nSPS) is 17.1. The lowest BCUT2D eigenvalue weighted by atomic mass is 10.3. The molecule has 0 spiro atoms. The standard InChI is InChI=1S/C13H17N4O8P/c1-2-10(18)14-5-3-4-9-6-17(13(20)15-12(9)19)11-7-16(25-11)8-24-26(21,22)23/h6,11H,2,5,7-8H2,1H3,(H,14,18)(H,15,19,20)(H2,21,22,23). The predicted molar refractivity (Wildman–Crippen MR) is 86.3 cm³/mol. The van der Waals surface area contributed by atoms with Crippen molar-refractivity contribution in [2.45, 2.75) is 19.6 Å². The number of rotatable bonds is 6. The molecule has 1 aromatic heterocycles. The number of phosphoric ester groups is 1. The summed E-state index contributed by atoms with van der Waals surface area (Å²) in [6.45, 7) is 1.36. The second-order valence-corrected chi connectivity index (χ2v) is 6.35. The van der Waals surface area contributed by atoms with Gasteiger partial charge >= 0.3 is 13.5 Å². The topological polar surface area (TPSA) is 163 Å². The van der Waals surface area contributed by atoms with Gasteiger partial charge in [-0.1, -0.05) is 18.8 Å². The maximum Gasteiger partial charge on any atom is 0.470 e. The predicted octanol–water partition coefficient (Wildman–Crippen LogP) is -1.77. The number of amides is 1. The van der Waals surface area contributed by atoms with Gasteiger partial charge < -0.3 is 15.1 Å². The lowest BCUT2D eigenvalue weighted by molar-refractivity contribution is -0.345. The Morgan fingerprint density at radius 1 is 1.54 bits per heavy atom. The Bertz CT molecular complexity index is 886. The van der Waals surface area contributed by atoms with Crippen LogP contribution in [0, 0.1) is 11.8 Å². The van der Waals surface area contributed by atoms with Crippen LogP contribution in [-0.4, -0.2) is 50.1 Å². The first-order chi connectivity index (χ1) is 12.2. The van der Waals surface area contributed by atoms with Crippen molar-refractivity contribution in [2.75, 3.05) is 19.8 Å². The molecule has 1 aliphatic heterocycles. The lowest BCUT2D eigenvalue weighted by Gasteiger charge is -2.38. The molecule has 1 fully saturated rings.